The number of benzene rings is 2. The van der Waals surface area contributed by atoms with Gasteiger partial charge in [0, 0.05) is 16.7 Å². The van der Waals surface area contributed by atoms with Gasteiger partial charge in [-0.25, -0.2) is 8.42 Å². The summed E-state index contributed by atoms with van der Waals surface area (Å²) in [5.74, 6) is -0.277. The standard InChI is InChI=1S/C18H17NO3S/c1-14-7-5-6-10-17(14)18(20)19(15-8-3-2-4-9-15)16-11-12-23(21,22)13-16/h2-12,16H,13H2,1H3/t16-/m1/s1. The lowest BCUT2D eigenvalue weighted by molar-refractivity contribution is 0.0982. The van der Waals surface area contributed by atoms with Gasteiger partial charge in [-0.1, -0.05) is 36.4 Å². The van der Waals surface area contributed by atoms with Crippen LogP contribution in [0.1, 0.15) is 15.9 Å². The molecule has 1 heterocycles. The van der Waals surface area contributed by atoms with E-state index in [4.69, 9.17) is 0 Å². The van der Waals surface area contributed by atoms with Crippen LogP contribution in [-0.4, -0.2) is 26.1 Å². The second-order valence-electron chi connectivity index (χ2n) is 5.55. The number of para-hydroxylation sites is 1. The number of rotatable bonds is 3. The van der Waals surface area contributed by atoms with Gasteiger partial charge in [0.2, 0.25) is 0 Å². The highest BCUT2D eigenvalue weighted by molar-refractivity contribution is 7.94. The Morgan fingerprint density at radius 1 is 1.04 bits per heavy atom. The largest absolute Gasteiger partial charge is 0.300 e. The number of amides is 1. The van der Waals surface area contributed by atoms with Crippen LogP contribution in [0.3, 0.4) is 0 Å². The van der Waals surface area contributed by atoms with Crippen molar-refractivity contribution in [3.05, 3.63) is 77.2 Å². The maximum absolute atomic E-state index is 13.1. The van der Waals surface area contributed by atoms with Crippen molar-refractivity contribution in [2.45, 2.75) is 13.0 Å². The van der Waals surface area contributed by atoms with E-state index in [9.17, 15) is 13.2 Å². The molecule has 2 aromatic rings. The van der Waals surface area contributed by atoms with Gasteiger partial charge in [0.1, 0.15) is 0 Å². The molecule has 5 heteroatoms. The van der Waals surface area contributed by atoms with Gasteiger partial charge in [-0.2, -0.15) is 0 Å². The number of hydrogen-bond acceptors (Lipinski definition) is 3. The van der Waals surface area contributed by atoms with Crippen LogP contribution in [0.4, 0.5) is 5.69 Å². The van der Waals surface area contributed by atoms with Gasteiger partial charge in [0.25, 0.3) is 5.91 Å². The molecular weight excluding hydrogens is 310 g/mol. The Morgan fingerprint density at radius 3 is 2.30 bits per heavy atom. The first-order valence-electron chi connectivity index (χ1n) is 7.33. The maximum atomic E-state index is 13.1. The first-order chi connectivity index (χ1) is 11.0. The van der Waals surface area contributed by atoms with E-state index in [2.05, 4.69) is 0 Å². The molecule has 0 spiro atoms. The van der Waals surface area contributed by atoms with Crippen molar-refractivity contribution < 1.29 is 13.2 Å². The molecule has 0 unspecified atom stereocenters. The highest BCUT2D eigenvalue weighted by Crippen LogP contribution is 2.25. The van der Waals surface area contributed by atoms with Gasteiger partial charge in [-0.3, -0.25) is 4.79 Å². The monoisotopic (exact) mass is 327 g/mol. The molecule has 4 nitrogen and oxygen atoms in total. The van der Waals surface area contributed by atoms with Crippen molar-refractivity contribution >= 4 is 21.4 Å². The van der Waals surface area contributed by atoms with Crippen LogP contribution >= 0.6 is 0 Å². The van der Waals surface area contributed by atoms with E-state index in [0.717, 1.165) is 5.56 Å². The topological polar surface area (TPSA) is 54.5 Å². The summed E-state index contributed by atoms with van der Waals surface area (Å²) in [4.78, 5) is 14.6. The van der Waals surface area contributed by atoms with Gasteiger partial charge < -0.3 is 4.90 Å². The first kappa shape index (κ1) is 15.5. The zero-order chi connectivity index (χ0) is 16.4. The van der Waals surface area contributed by atoms with Crippen LogP contribution in [0.25, 0.3) is 0 Å². The summed E-state index contributed by atoms with van der Waals surface area (Å²) < 4.78 is 23.6. The molecule has 0 saturated heterocycles. The maximum Gasteiger partial charge on any atom is 0.259 e. The van der Waals surface area contributed by atoms with E-state index >= 15 is 0 Å². The number of hydrogen-bond donors (Lipinski definition) is 0. The second kappa shape index (κ2) is 6.01. The van der Waals surface area contributed by atoms with Crippen molar-refractivity contribution in [2.75, 3.05) is 10.7 Å². The van der Waals surface area contributed by atoms with Crippen molar-refractivity contribution in [3.8, 4) is 0 Å². The summed E-state index contributed by atoms with van der Waals surface area (Å²) in [6, 6.07) is 16.0. The fraction of sp³-hybridized carbons (Fsp3) is 0.167. The number of aryl methyl sites for hydroxylation is 1. The molecule has 0 aliphatic carbocycles. The van der Waals surface area contributed by atoms with Gasteiger partial charge in [0.05, 0.1) is 11.8 Å². The zero-order valence-corrected chi connectivity index (χ0v) is 13.5. The fourth-order valence-corrected chi connectivity index (χ4v) is 3.98. The lowest BCUT2D eigenvalue weighted by Crippen LogP contribution is -2.41. The zero-order valence-electron chi connectivity index (χ0n) is 12.7. The number of carbonyl (C=O) groups excluding carboxylic acids is 1. The molecule has 23 heavy (non-hydrogen) atoms. The molecule has 0 radical (unpaired) electrons. The van der Waals surface area contributed by atoms with Crippen molar-refractivity contribution in [3.63, 3.8) is 0 Å². The molecule has 1 atom stereocenters. The summed E-state index contributed by atoms with van der Waals surface area (Å²) in [7, 11) is -3.25. The summed E-state index contributed by atoms with van der Waals surface area (Å²) in [6.45, 7) is 1.87. The SMILES string of the molecule is Cc1ccccc1C(=O)N(c1ccccc1)[C@@H]1C=CS(=O)(=O)C1. The highest BCUT2D eigenvalue weighted by Gasteiger charge is 2.32. The molecular formula is C18H17NO3S. The van der Waals surface area contributed by atoms with Crippen molar-refractivity contribution in [1.82, 2.24) is 0 Å². The Hall–Kier alpha value is -2.40. The summed E-state index contributed by atoms with van der Waals surface area (Å²) >= 11 is 0. The smallest absolute Gasteiger partial charge is 0.259 e. The normalized spacial score (nSPS) is 18.7. The number of nitrogens with zero attached hydrogens (tertiary/aromatic N) is 1. The van der Waals surface area contributed by atoms with Gasteiger partial charge in [-0.15, -0.1) is 0 Å². The Labute approximate surface area is 136 Å². The van der Waals surface area contributed by atoms with Crippen LogP contribution in [0.15, 0.2) is 66.1 Å². The molecule has 0 fully saturated rings. The molecule has 0 aromatic heterocycles. The van der Waals surface area contributed by atoms with Crippen LogP contribution < -0.4 is 4.90 Å². The molecule has 3 rings (SSSR count). The average Bonchev–Trinajstić information content (AvgIpc) is 2.88. The predicted octanol–water partition coefficient (Wildman–Crippen LogP) is 2.95. The van der Waals surface area contributed by atoms with Crippen LogP contribution in [0.2, 0.25) is 0 Å². The third-order valence-electron chi connectivity index (χ3n) is 3.87. The van der Waals surface area contributed by atoms with Gasteiger partial charge >= 0.3 is 0 Å². The third kappa shape index (κ3) is 3.19. The predicted molar refractivity (Wildman–Crippen MR) is 91.1 cm³/mol. The Morgan fingerprint density at radius 2 is 1.70 bits per heavy atom. The molecule has 118 valence electrons. The Bertz CT molecular complexity index is 857. The van der Waals surface area contributed by atoms with E-state index in [1.54, 1.807) is 17.0 Å². The fourth-order valence-electron chi connectivity index (χ4n) is 2.71. The van der Waals surface area contributed by atoms with Crippen LogP contribution in [0, 0.1) is 6.92 Å². The Kier molecular flexibility index (Phi) is 4.05. The summed E-state index contributed by atoms with van der Waals surface area (Å²) in [6.07, 6.45) is 1.58. The van der Waals surface area contributed by atoms with E-state index < -0.39 is 15.9 Å². The second-order valence-corrected chi connectivity index (χ2v) is 7.48. The minimum atomic E-state index is -3.25. The first-order valence-corrected chi connectivity index (χ1v) is 9.05. The van der Waals surface area contributed by atoms with E-state index in [1.807, 2.05) is 55.5 Å². The van der Waals surface area contributed by atoms with E-state index in [1.165, 1.54) is 5.41 Å². The van der Waals surface area contributed by atoms with E-state index in [-0.39, 0.29) is 11.7 Å². The summed E-state index contributed by atoms with van der Waals surface area (Å²) in [5.41, 5.74) is 2.13. The molecule has 1 aliphatic heterocycles. The number of sulfone groups is 1. The highest BCUT2D eigenvalue weighted by atomic mass is 32.2. The minimum absolute atomic E-state index is 0.0838. The quantitative estimate of drug-likeness (QED) is 0.871. The van der Waals surface area contributed by atoms with Crippen LogP contribution in [-0.2, 0) is 9.84 Å². The lowest BCUT2D eigenvalue weighted by atomic mass is 10.1. The number of anilines is 1. The van der Waals surface area contributed by atoms with Crippen molar-refractivity contribution in [2.24, 2.45) is 0 Å². The average molecular weight is 327 g/mol. The molecule has 0 bridgehead atoms. The van der Waals surface area contributed by atoms with Crippen molar-refractivity contribution in [1.29, 1.82) is 0 Å². The molecule has 1 aliphatic rings. The molecule has 2 aromatic carbocycles. The third-order valence-corrected chi connectivity index (χ3v) is 5.25. The summed E-state index contributed by atoms with van der Waals surface area (Å²) in [5, 5.41) is 1.19. The molecule has 1 amide bonds. The van der Waals surface area contributed by atoms with E-state index in [0.29, 0.717) is 11.3 Å². The van der Waals surface area contributed by atoms with Crippen LogP contribution in [0.5, 0.6) is 0 Å². The lowest BCUT2D eigenvalue weighted by Gasteiger charge is -2.28. The molecule has 0 N–H and O–H groups in total. The molecule has 0 saturated carbocycles. The minimum Gasteiger partial charge on any atom is -0.300 e. The number of carbonyl (C=O) groups is 1. The van der Waals surface area contributed by atoms with Gasteiger partial charge in [0.15, 0.2) is 9.84 Å². The Balaban J connectivity index is 2.05. The van der Waals surface area contributed by atoms with Gasteiger partial charge in [-0.05, 0) is 36.8 Å².